The maximum Gasteiger partial charge on any atom is 0.226 e. The van der Waals surface area contributed by atoms with E-state index < -0.39 is 0 Å². The highest BCUT2D eigenvalue weighted by Crippen LogP contribution is 2.35. The zero-order valence-corrected chi connectivity index (χ0v) is 10.6. The van der Waals surface area contributed by atoms with Crippen LogP contribution in [0.5, 0.6) is 0 Å². The van der Waals surface area contributed by atoms with Crippen molar-refractivity contribution < 1.29 is 4.79 Å². The largest absolute Gasteiger partial charge is 0.369 e. The van der Waals surface area contributed by atoms with Gasteiger partial charge in [0, 0.05) is 11.4 Å². The van der Waals surface area contributed by atoms with Gasteiger partial charge in [-0.2, -0.15) is 0 Å². The fourth-order valence-corrected chi connectivity index (χ4v) is 3.33. The summed E-state index contributed by atoms with van der Waals surface area (Å²) in [6.45, 7) is 0.606. The molecule has 2 unspecified atom stereocenters. The monoisotopic (exact) mass is 258 g/mol. The summed E-state index contributed by atoms with van der Waals surface area (Å²) >= 11 is 1.72. The van der Waals surface area contributed by atoms with Crippen LogP contribution in [0.25, 0.3) is 0 Å². The van der Waals surface area contributed by atoms with Gasteiger partial charge in [0.15, 0.2) is 0 Å². The van der Waals surface area contributed by atoms with Gasteiger partial charge in [-0.1, -0.05) is 30.3 Å². The van der Waals surface area contributed by atoms with E-state index in [9.17, 15) is 4.79 Å². The predicted molar refractivity (Wildman–Crippen MR) is 72.5 cm³/mol. The van der Waals surface area contributed by atoms with Gasteiger partial charge in [0.05, 0.1) is 12.0 Å². The summed E-state index contributed by atoms with van der Waals surface area (Å²) in [5, 5.41) is 5.49. The number of carbonyl (C=O) groups excluding carboxylic acids is 1. The van der Waals surface area contributed by atoms with Crippen molar-refractivity contribution in [3.8, 4) is 0 Å². The molecular weight excluding hydrogens is 244 g/mol. The lowest BCUT2D eigenvalue weighted by atomic mass is 9.86. The van der Waals surface area contributed by atoms with E-state index in [1.165, 1.54) is 4.88 Å². The molecule has 2 aromatic rings. The molecule has 0 radical (unpaired) electrons. The Hall–Kier alpha value is -1.65. The van der Waals surface area contributed by atoms with Crippen molar-refractivity contribution in [1.82, 2.24) is 5.32 Å². The number of fused-ring (bicyclic) bond motifs is 1. The molecule has 0 saturated carbocycles. The van der Waals surface area contributed by atoms with Gasteiger partial charge < -0.3 is 11.1 Å². The van der Waals surface area contributed by atoms with Crippen molar-refractivity contribution in [3.63, 3.8) is 0 Å². The molecule has 1 aromatic carbocycles. The van der Waals surface area contributed by atoms with E-state index in [1.54, 1.807) is 11.3 Å². The lowest BCUT2D eigenvalue weighted by Crippen LogP contribution is -2.39. The molecule has 4 heteroatoms. The number of primary amides is 1. The Morgan fingerprint density at radius 3 is 2.67 bits per heavy atom. The number of rotatable bonds is 2. The molecule has 3 N–H and O–H groups in total. The molecule has 1 aliphatic rings. The van der Waals surface area contributed by atoms with E-state index in [1.807, 2.05) is 24.3 Å². The van der Waals surface area contributed by atoms with Crippen molar-refractivity contribution in [2.45, 2.75) is 12.0 Å². The van der Waals surface area contributed by atoms with E-state index in [-0.39, 0.29) is 17.9 Å². The fourth-order valence-electron chi connectivity index (χ4n) is 2.51. The summed E-state index contributed by atoms with van der Waals surface area (Å²) in [7, 11) is 0. The van der Waals surface area contributed by atoms with Gasteiger partial charge in [0.1, 0.15) is 0 Å². The summed E-state index contributed by atoms with van der Waals surface area (Å²) in [5.41, 5.74) is 7.69. The fraction of sp³-hybridized carbons (Fsp3) is 0.214. The number of benzene rings is 1. The second-order valence-electron chi connectivity index (χ2n) is 4.44. The highest BCUT2D eigenvalue weighted by molar-refractivity contribution is 7.10. The lowest BCUT2D eigenvalue weighted by molar-refractivity contribution is -0.119. The first-order valence-electron chi connectivity index (χ1n) is 5.92. The van der Waals surface area contributed by atoms with Gasteiger partial charge in [0.25, 0.3) is 0 Å². The van der Waals surface area contributed by atoms with Crippen LogP contribution < -0.4 is 11.1 Å². The topological polar surface area (TPSA) is 55.1 Å². The summed E-state index contributed by atoms with van der Waals surface area (Å²) in [6, 6.07) is 12.4. The van der Waals surface area contributed by atoms with Crippen LogP contribution in [-0.4, -0.2) is 12.5 Å². The average Bonchev–Trinajstić information content (AvgIpc) is 2.91. The molecule has 0 spiro atoms. The molecule has 1 aromatic heterocycles. The van der Waals surface area contributed by atoms with Crippen LogP contribution in [0.1, 0.15) is 28.0 Å². The Balaban J connectivity index is 2.07. The third-order valence-corrected chi connectivity index (χ3v) is 4.32. The number of nitrogens with one attached hydrogen (secondary N) is 1. The molecule has 2 heterocycles. The number of nitrogens with two attached hydrogens (primary N) is 1. The molecular formula is C14H14N2OS. The molecule has 3 rings (SSSR count). The van der Waals surface area contributed by atoms with Crippen LogP contribution in [0.4, 0.5) is 0 Å². The van der Waals surface area contributed by atoms with Crippen LogP contribution >= 0.6 is 11.3 Å². The molecule has 0 aliphatic carbocycles. The standard InChI is InChI=1S/C14H14N2OS/c15-14(17)11-8-16-13(12-6-3-7-18-12)10-5-2-1-4-9(10)11/h1-7,11,13,16H,8H2,(H2,15,17). The van der Waals surface area contributed by atoms with Gasteiger partial charge in [-0.3, -0.25) is 4.79 Å². The number of hydrogen-bond donors (Lipinski definition) is 2. The van der Waals surface area contributed by atoms with Crippen molar-refractivity contribution in [1.29, 1.82) is 0 Å². The van der Waals surface area contributed by atoms with Crippen LogP contribution in [0, 0.1) is 0 Å². The molecule has 2 atom stereocenters. The normalized spacial score (nSPS) is 22.4. The average molecular weight is 258 g/mol. The lowest BCUT2D eigenvalue weighted by Gasteiger charge is -2.30. The maximum atomic E-state index is 11.5. The van der Waals surface area contributed by atoms with Crippen LogP contribution in [0.3, 0.4) is 0 Å². The minimum absolute atomic E-state index is 0.178. The van der Waals surface area contributed by atoms with E-state index in [4.69, 9.17) is 5.73 Å². The Kier molecular flexibility index (Phi) is 2.89. The minimum atomic E-state index is -0.264. The molecule has 92 valence electrons. The van der Waals surface area contributed by atoms with E-state index in [2.05, 4.69) is 22.8 Å². The molecule has 1 aliphatic heterocycles. The smallest absolute Gasteiger partial charge is 0.226 e. The van der Waals surface area contributed by atoms with Gasteiger partial charge in [0.2, 0.25) is 5.91 Å². The summed E-state index contributed by atoms with van der Waals surface area (Å²) in [4.78, 5) is 12.8. The molecule has 3 nitrogen and oxygen atoms in total. The summed E-state index contributed by atoms with van der Waals surface area (Å²) in [5.74, 6) is -0.489. The number of amides is 1. The van der Waals surface area contributed by atoms with Gasteiger partial charge in [-0.15, -0.1) is 11.3 Å². The Morgan fingerprint density at radius 2 is 2.00 bits per heavy atom. The molecule has 18 heavy (non-hydrogen) atoms. The van der Waals surface area contributed by atoms with Crippen LogP contribution in [0.15, 0.2) is 41.8 Å². The Bertz CT molecular complexity index is 565. The van der Waals surface area contributed by atoms with Gasteiger partial charge in [-0.05, 0) is 22.6 Å². The third kappa shape index (κ3) is 1.83. The number of thiophene rings is 1. The van der Waals surface area contributed by atoms with Crippen molar-refractivity contribution >= 4 is 17.2 Å². The van der Waals surface area contributed by atoms with Crippen LogP contribution in [-0.2, 0) is 4.79 Å². The first-order valence-corrected chi connectivity index (χ1v) is 6.80. The van der Waals surface area contributed by atoms with Gasteiger partial charge in [-0.25, -0.2) is 0 Å². The highest BCUT2D eigenvalue weighted by atomic mass is 32.1. The van der Waals surface area contributed by atoms with E-state index in [0.717, 1.165) is 11.1 Å². The SMILES string of the molecule is NC(=O)C1CNC(c2cccs2)c2ccccc21. The number of carbonyl (C=O) groups is 1. The van der Waals surface area contributed by atoms with Crippen molar-refractivity contribution in [2.75, 3.05) is 6.54 Å². The summed E-state index contributed by atoms with van der Waals surface area (Å²) in [6.07, 6.45) is 0. The van der Waals surface area contributed by atoms with Crippen LogP contribution in [0.2, 0.25) is 0 Å². The molecule has 0 fully saturated rings. The minimum Gasteiger partial charge on any atom is -0.369 e. The van der Waals surface area contributed by atoms with E-state index in [0.29, 0.717) is 6.54 Å². The number of hydrogen-bond acceptors (Lipinski definition) is 3. The first kappa shape index (κ1) is 11.4. The summed E-state index contributed by atoms with van der Waals surface area (Å²) < 4.78 is 0. The molecule has 0 bridgehead atoms. The third-order valence-electron chi connectivity index (χ3n) is 3.38. The molecule has 1 amide bonds. The zero-order valence-electron chi connectivity index (χ0n) is 9.80. The first-order chi connectivity index (χ1) is 8.77. The highest BCUT2D eigenvalue weighted by Gasteiger charge is 2.30. The van der Waals surface area contributed by atoms with E-state index >= 15 is 0 Å². The second kappa shape index (κ2) is 4.55. The maximum absolute atomic E-state index is 11.5. The Labute approximate surface area is 110 Å². The zero-order chi connectivity index (χ0) is 12.5. The quantitative estimate of drug-likeness (QED) is 0.865. The van der Waals surface area contributed by atoms with Gasteiger partial charge >= 0.3 is 0 Å². The predicted octanol–water partition coefficient (Wildman–Crippen LogP) is 2.01. The molecule has 0 saturated heterocycles. The second-order valence-corrected chi connectivity index (χ2v) is 5.42. The van der Waals surface area contributed by atoms with Crippen molar-refractivity contribution in [2.24, 2.45) is 5.73 Å². The van der Waals surface area contributed by atoms with Crippen molar-refractivity contribution in [3.05, 3.63) is 57.8 Å². The Morgan fingerprint density at radius 1 is 1.22 bits per heavy atom.